The summed E-state index contributed by atoms with van der Waals surface area (Å²) in [7, 11) is 0. The number of piperazine rings is 1. The van der Waals surface area contributed by atoms with Gasteiger partial charge >= 0.3 is 0 Å². The van der Waals surface area contributed by atoms with Crippen LogP contribution in [0.15, 0.2) is 109 Å². The third-order valence-electron chi connectivity index (χ3n) is 12.0. The fraction of sp³-hybridized carbons (Fsp3) is 0.383. The van der Waals surface area contributed by atoms with E-state index in [0.29, 0.717) is 24.6 Å². The highest BCUT2D eigenvalue weighted by Crippen LogP contribution is 2.36. The van der Waals surface area contributed by atoms with E-state index in [1.54, 1.807) is 17.0 Å². The molecule has 3 aromatic carbocycles. The molecule has 3 saturated heterocycles. The molecule has 4 aliphatic heterocycles. The molecule has 2 N–H and O–H groups in total. The lowest BCUT2D eigenvalue weighted by Crippen LogP contribution is -2.53. The third-order valence-corrected chi connectivity index (χ3v) is 12.0. The number of imide groups is 1. The second kappa shape index (κ2) is 18.1. The smallest absolute Gasteiger partial charge is 0.255 e. The Balaban J connectivity index is 0.862. The molecular weight excluding hydrogens is 699 g/mol. The van der Waals surface area contributed by atoms with Crippen LogP contribution in [0.2, 0.25) is 0 Å². The average molecular weight is 754 g/mol. The minimum Gasteiger partial charge on any atom is -0.508 e. The van der Waals surface area contributed by atoms with Crippen molar-refractivity contribution in [3.05, 3.63) is 132 Å². The Morgan fingerprint density at radius 2 is 1.64 bits per heavy atom. The van der Waals surface area contributed by atoms with Crippen molar-refractivity contribution in [3.63, 3.8) is 0 Å². The number of nitrogens with zero attached hydrogens (tertiary/aromatic N) is 4. The Labute approximate surface area is 331 Å². The van der Waals surface area contributed by atoms with Crippen LogP contribution in [-0.4, -0.2) is 95.4 Å². The lowest BCUT2D eigenvalue weighted by atomic mass is 9.87. The SMILES string of the molecule is C=CC(=C\C=C\CCCN1CCC(N2CCN(c3ccc4c(c3)CN(C3CCC(=O)NC3=O)C4=O)CC2)CC1)/C(=C(/CC)c1ccccc1)c1ccc(O)cc1. The van der Waals surface area contributed by atoms with E-state index in [0.717, 1.165) is 93.0 Å². The van der Waals surface area contributed by atoms with E-state index < -0.39 is 6.04 Å². The monoisotopic (exact) mass is 753 g/mol. The van der Waals surface area contributed by atoms with Crippen LogP contribution in [-0.2, 0) is 16.1 Å². The summed E-state index contributed by atoms with van der Waals surface area (Å²) < 4.78 is 0. The molecule has 0 radical (unpaired) electrons. The lowest BCUT2D eigenvalue weighted by molar-refractivity contribution is -0.136. The lowest BCUT2D eigenvalue weighted by Gasteiger charge is -2.43. The van der Waals surface area contributed by atoms with E-state index in [1.165, 1.54) is 24.0 Å². The Bertz CT molecular complexity index is 1990. The van der Waals surface area contributed by atoms with Crippen molar-refractivity contribution in [3.8, 4) is 5.75 Å². The molecule has 0 bridgehead atoms. The number of benzene rings is 3. The third kappa shape index (κ3) is 8.90. The Kier molecular flexibility index (Phi) is 12.6. The molecule has 3 amide bonds. The van der Waals surface area contributed by atoms with Crippen LogP contribution >= 0.6 is 0 Å². The topological polar surface area (TPSA) is 96.4 Å². The maximum absolute atomic E-state index is 13.1. The number of fused-ring (bicyclic) bond motifs is 1. The first-order valence-electron chi connectivity index (χ1n) is 20.4. The van der Waals surface area contributed by atoms with Gasteiger partial charge in [-0.15, -0.1) is 0 Å². The summed E-state index contributed by atoms with van der Waals surface area (Å²) in [5.74, 6) is -0.503. The predicted octanol–water partition coefficient (Wildman–Crippen LogP) is 7.21. The quantitative estimate of drug-likeness (QED) is 0.0825. The molecule has 3 fully saturated rings. The van der Waals surface area contributed by atoms with Gasteiger partial charge in [-0.3, -0.25) is 24.6 Å². The zero-order valence-corrected chi connectivity index (χ0v) is 32.7. The maximum atomic E-state index is 13.1. The first-order valence-corrected chi connectivity index (χ1v) is 20.4. The van der Waals surface area contributed by atoms with Gasteiger partial charge in [0.05, 0.1) is 0 Å². The Morgan fingerprint density at radius 1 is 0.893 bits per heavy atom. The first-order chi connectivity index (χ1) is 27.3. The summed E-state index contributed by atoms with van der Waals surface area (Å²) in [6, 6.07) is 24.1. The number of carbonyl (C=O) groups is 3. The van der Waals surface area contributed by atoms with E-state index in [-0.39, 0.29) is 29.9 Å². The van der Waals surface area contributed by atoms with Crippen molar-refractivity contribution in [2.24, 2.45) is 0 Å². The molecule has 292 valence electrons. The number of piperidine rings is 2. The number of allylic oxidation sites excluding steroid dienone is 7. The molecule has 56 heavy (non-hydrogen) atoms. The van der Waals surface area contributed by atoms with Gasteiger partial charge in [-0.05, 0) is 122 Å². The van der Waals surface area contributed by atoms with Gasteiger partial charge in [0.2, 0.25) is 11.8 Å². The van der Waals surface area contributed by atoms with Crippen LogP contribution in [0.1, 0.15) is 78.9 Å². The Morgan fingerprint density at radius 3 is 2.34 bits per heavy atom. The van der Waals surface area contributed by atoms with Crippen LogP contribution in [0.3, 0.4) is 0 Å². The molecule has 0 spiro atoms. The van der Waals surface area contributed by atoms with E-state index in [1.807, 2.05) is 36.4 Å². The minimum absolute atomic E-state index is 0.123. The molecule has 4 heterocycles. The maximum Gasteiger partial charge on any atom is 0.255 e. The molecule has 0 saturated carbocycles. The molecule has 1 atom stereocenters. The summed E-state index contributed by atoms with van der Waals surface area (Å²) in [5.41, 5.74) is 8.47. The molecule has 4 aliphatic rings. The number of anilines is 1. The van der Waals surface area contributed by atoms with Crippen molar-refractivity contribution in [2.45, 2.75) is 70.5 Å². The zero-order chi connectivity index (χ0) is 39.0. The highest BCUT2D eigenvalue weighted by Gasteiger charge is 2.39. The van der Waals surface area contributed by atoms with Crippen molar-refractivity contribution < 1.29 is 19.5 Å². The molecule has 9 nitrogen and oxygen atoms in total. The van der Waals surface area contributed by atoms with Crippen LogP contribution in [0.25, 0.3) is 11.1 Å². The number of hydrogen-bond acceptors (Lipinski definition) is 7. The van der Waals surface area contributed by atoms with Crippen LogP contribution < -0.4 is 10.2 Å². The van der Waals surface area contributed by atoms with E-state index in [2.05, 4.69) is 82.1 Å². The van der Waals surface area contributed by atoms with Crippen molar-refractivity contribution in [1.29, 1.82) is 0 Å². The van der Waals surface area contributed by atoms with Gasteiger partial charge in [0.25, 0.3) is 5.91 Å². The van der Waals surface area contributed by atoms with Crippen LogP contribution in [0, 0.1) is 0 Å². The number of unbranched alkanes of at least 4 members (excludes halogenated alkanes) is 1. The van der Waals surface area contributed by atoms with E-state index >= 15 is 0 Å². The first kappa shape index (κ1) is 39.0. The molecule has 3 aromatic rings. The number of phenolic OH excluding ortho intramolecular Hbond substituents is 1. The fourth-order valence-corrected chi connectivity index (χ4v) is 8.87. The average Bonchev–Trinajstić information content (AvgIpc) is 3.55. The summed E-state index contributed by atoms with van der Waals surface area (Å²) in [5, 5.41) is 12.3. The Hall–Kier alpha value is -5.25. The summed E-state index contributed by atoms with van der Waals surface area (Å²) in [4.78, 5) is 46.6. The van der Waals surface area contributed by atoms with Crippen molar-refractivity contribution in [1.82, 2.24) is 20.0 Å². The standard InChI is InChI=1S/C47H55N5O4/c1-3-34(45(36-15-18-40(53)19-16-36)41(4-2)35-13-9-7-10-14-35)12-8-5-6-11-25-49-26-23-38(24-27-49)50-28-30-51(31-29-50)39-17-20-42-37(32-39)33-52(47(42)56)43-21-22-44(54)48-46(43)55/h3,5,7-10,12-20,32,38,43,53H,1,4,6,11,21-31,33H2,2H3,(H,48,54,55)/b8-5+,34-12+,45-41+. The van der Waals surface area contributed by atoms with Crippen molar-refractivity contribution >= 4 is 34.6 Å². The van der Waals surface area contributed by atoms with E-state index in [4.69, 9.17) is 0 Å². The molecule has 0 aliphatic carbocycles. The number of carbonyl (C=O) groups excluding carboxylic acids is 3. The number of likely N-dealkylation sites (tertiary alicyclic amines) is 1. The van der Waals surface area contributed by atoms with Gasteiger partial charge in [-0.2, -0.15) is 0 Å². The minimum atomic E-state index is -0.586. The van der Waals surface area contributed by atoms with E-state index in [9.17, 15) is 19.5 Å². The second-order valence-corrected chi connectivity index (χ2v) is 15.4. The second-order valence-electron chi connectivity index (χ2n) is 15.4. The fourth-order valence-electron chi connectivity index (χ4n) is 8.87. The number of hydrogen-bond donors (Lipinski definition) is 2. The van der Waals surface area contributed by atoms with Gasteiger partial charge < -0.3 is 19.8 Å². The zero-order valence-electron chi connectivity index (χ0n) is 32.7. The number of phenols is 1. The van der Waals surface area contributed by atoms with Gasteiger partial charge in [0, 0.05) is 56.4 Å². The van der Waals surface area contributed by atoms with Gasteiger partial charge in [-0.1, -0.05) is 80.3 Å². The molecule has 0 aromatic heterocycles. The highest BCUT2D eigenvalue weighted by molar-refractivity contribution is 6.05. The number of aromatic hydroxyl groups is 1. The molecule has 7 rings (SSSR count). The number of rotatable bonds is 13. The van der Waals surface area contributed by atoms with Crippen LogP contribution in [0.5, 0.6) is 5.75 Å². The van der Waals surface area contributed by atoms with Gasteiger partial charge in [0.15, 0.2) is 0 Å². The normalized spacial score (nSPS) is 20.7. The largest absolute Gasteiger partial charge is 0.508 e. The van der Waals surface area contributed by atoms with Crippen LogP contribution in [0.4, 0.5) is 5.69 Å². The number of amides is 3. The summed E-state index contributed by atoms with van der Waals surface area (Å²) >= 11 is 0. The van der Waals surface area contributed by atoms with Gasteiger partial charge in [0.1, 0.15) is 11.8 Å². The predicted molar refractivity (Wildman–Crippen MR) is 224 cm³/mol. The number of nitrogens with one attached hydrogen (secondary N) is 1. The molecular formula is C47H55N5O4. The van der Waals surface area contributed by atoms with Crippen molar-refractivity contribution in [2.75, 3.05) is 50.7 Å². The summed E-state index contributed by atoms with van der Waals surface area (Å²) in [6.45, 7) is 14.1. The summed E-state index contributed by atoms with van der Waals surface area (Å²) in [6.07, 6.45) is 14.6. The molecule has 1 unspecified atom stereocenters. The molecule has 9 heteroatoms. The highest BCUT2D eigenvalue weighted by atomic mass is 16.3. The van der Waals surface area contributed by atoms with Gasteiger partial charge in [-0.25, -0.2) is 0 Å².